The lowest BCUT2D eigenvalue weighted by atomic mass is 9.98. The molecule has 2 heteroatoms. The van der Waals surface area contributed by atoms with E-state index in [0.29, 0.717) is 12.8 Å². The van der Waals surface area contributed by atoms with Gasteiger partial charge < -0.3 is 4.79 Å². The molecular formula is C8H9FO. The van der Waals surface area contributed by atoms with Gasteiger partial charge in [-0.15, -0.1) is 0 Å². The van der Waals surface area contributed by atoms with Crippen LogP contribution in [0.4, 0.5) is 4.39 Å². The molecule has 1 nitrogen and oxygen atoms in total. The summed E-state index contributed by atoms with van der Waals surface area (Å²) in [5.41, 5.74) is 0. The fraction of sp³-hybridized carbons (Fsp3) is 0.375. The van der Waals surface area contributed by atoms with E-state index in [0.717, 1.165) is 6.29 Å². The van der Waals surface area contributed by atoms with E-state index < -0.39 is 0 Å². The summed E-state index contributed by atoms with van der Waals surface area (Å²) in [6.45, 7) is 0. The van der Waals surface area contributed by atoms with Crippen molar-refractivity contribution in [3.05, 3.63) is 24.1 Å². The van der Waals surface area contributed by atoms with Gasteiger partial charge in [-0.3, -0.25) is 0 Å². The number of hydrogen-bond acceptors (Lipinski definition) is 1. The molecule has 0 saturated heterocycles. The van der Waals surface area contributed by atoms with Crippen molar-refractivity contribution < 1.29 is 9.18 Å². The first-order valence-corrected chi connectivity index (χ1v) is 3.30. The predicted octanol–water partition coefficient (Wildman–Crippen LogP) is 2.00. The number of halogens is 1. The van der Waals surface area contributed by atoms with Crippen LogP contribution in [0.3, 0.4) is 0 Å². The normalized spacial score (nSPS) is 24.1. The quantitative estimate of drug-likeness (QED) is 0.536. The van der Waals surface area contributed by atoms with E-state index in [1.165, 1.54) is 12.2 Å². The van der Waals surface area contributed by atoms with Crippen molar-refractivity contribution in [1.82, 2.24) is 0 Å². The zero-order chi connectivity index (χ0) is 7.40. The summed E-state index contributed by atoms with van der Waals surface area (Å²) in [7, 11) is 0. The zero-order valence-electron chi connectivity index (χ0n) is 5.59. The second-order valence-corrected chi connectivity index (χ2v) is 2.35. The third kappa shape index (κ3) is 1.79. The van der Waals surface area contributed by atoms with E-state index in [1.807, 2.05) is 0 Å². The van der Waals surface area contributed by atoms with Crippen LogP contribution in [0, 0.1) is 5.92 Å². The van der Waals surface area contributed by atoms with Gasteiger partial charge in [0.05, 0.1) is 0 Å². The van der Waals surface area contributed by atoms with Gasteiger partial charge in [-0.2, -0.15) is 0 Å². The summed E-state index contributed by atoms with van der Waals surface area (Å²) in [4.78, 5) is 10.0. The predicted molar refractivity (Wildman–Crippen MR) is 37.1 cm³/mol. The third-order valence-corrected chi connectivity index (χ3v) is 1.54. The number of rotatable bonds is 2. The van der Waals surface area contributed by atoms with Gasteiger partial charge in [-0.1, -0.05) is 6.08 Å². The SMILES string of the molecule is O=CCC1C=CC(F)=CC1. The maximum absolute atomic E-state index is 12.3. The summed E-state index contributed by atoms with van der Waals surface area (Å²) in [6, 6.07) is 0. The van der Waals surface area contributed by atoms with E-state index in [4.69, 9.17) is 0 Å². The van der Waals surface area contributed by atoms with E-state index in [9.17, 15) is 9.18 Å². The smallest absolute Gasteiger partial charge is 0.120 e. The molecule has 0 saturated carbocycles. The molecule has 1 rings (SSSR count). The highest BCUT2D eigenvalue weighted by Gasteiger charge is 2.06. The maximum Gasteiger partial charge on any atom is 0.120 e. The van der Waals surface area contributed by atoms with Crippen LogP contribution in [0.25, 0.3) is 0 Å². The van der Waals surface area contributed by atoms with E-state index in [-0.39, 0.29) is 11.7 Å². The Hall–Kier alpha value is -0.920. The highest BCUT2D eigenvalue weighted by Crippen LogP contribution is 2.18. The minimum Gasteiger partial charge on any atom is -0.303 e. The largest absolute Gasteiger partial charge is 0.303 e. The molecule has 0 fully saturated rings. The van der Waals surface area contributed by atoms with Crippen LogP contribution >= 0.6 is 0 Å². The summed E-state index contributed by atoms with van der Waals surface area (Å²) < 4.78 is 12.3. The molecule has 0 spiro atoms. The molecule has 0 amide bonds. The Morgan fingerprint density at radius 1 is 1.80 bits per heavy atom. The van der Waals surface area contributed by atoms with Gasteiger partial charge in [-0.25, -0.2) is 4.39 Å². The van der Waals surface area contributed by atoms with Crippen LogP contribution in [-0.4, -0.2) is 6.29 Å². The monoisotopic (exact) mass is 140 g/mol. The summed E-state index contributed by atoms with van der Waals surface area (Å²) in [5, 5.41) is 0. The van der Waals surface area contributed by atoms with E-state index in [1.54, 1.807) is 6.08 Å². The molecule has 0 aromatic rings. The Labute approximate surface area is 59.2 Å². The molecule has 1 aliphatic rings. The van der Waals surface area contributed by atoms with Crippen LogP contribution in [0.2, 0.25) is 0 Å². The minimum absolute atomic E-state index is 0.192. The van der Waals surface area contributed by atoms with Crippen LogP contribution in [0.1, 0.15) is 12.8 Å². The number of carbonyl (C=O) groups excluding carboxylic acids is 1. The molecule has 1 aliphatic carbocycles. The molecule has 1 unspecified atom stereocenters. The van der Waals surface area contributed by atoms with Crippen LogP contribution < -0.4 is 0 Å². The Balaban J connectivity index is 2.44. The molecule has 0 aliphatic heterocycles. The van der Waals surface area contributed by atoms with Gasteiger partial charge in [-0.05, 0) is 24.5 Å². The first kappa shape index (κ1) is 7.19. The molecule has 0 aromatic heterocycles. The Kier molecular flexibility index (Phi) is 2.37. The average Bonchev–Trinajstić information content (AvgIpc) is 1.95. The highest BCUT2D eigenvalue weighted by atomic mass is 19.1. The first-order valence-electron chi connectivity index (χ1n) is 3.30. The Morgan fingerprint density at radius 2 is 2.60 bits per heavy atom. The van der Waals surface area contributed by atoms with Crippen LogP contribution in [-0.2, 0) is 4.79 Å². The number of hydrogen-bond donors (Lipinski definition) is 0. The molecule has 0 bridgehead atoms. The lowest BCUT2D eigenvalue weighted by molar-refractivity contribution is -0.108. The van der Waals surface area contributed by atoms with Crippen molar-refractivity contribution in [1.29, 1.82) is 0 Å². The fourth-order valence-electron chi connectivity index (χ4n) is 0.937. The molecule has 54 valence electrons. The van der Waals surface area contributed by atoms with Crippen molar-refractivity contribution in [3.63, 3.8) is 0 Å². The van der Waals surface area contributed by atoms with Crippen molar-refractivity contribution >= 4 is 6.29 Å². The van der Waals surface area contributed by atoms with Crippen LogP contribution in [0.15, 0.2) is 24.1 Å². The van der Waals surface area contributed by atoms with Crippen molar-refractivity contribution in [2.45, 2.75) is 12.8 Å². The van der Waals surface area contributed by atoms with Gasteiger partial charge in [0.1, 0.15) is 12.1 Å². The highest BCUT2D eigenvalue weighted by molar-refractivity contribution is 5.50. The van der Waals surface area contributed by atoms with E-state index in [2.05, 4.69) is 0 Å². The molecule has 0 N–H and O–H groups in total. The second kappa shape index (κ2) is 3.30. The zero-order valence-corrected chi connectivity index (χ0v) is 5.59. The van der Waals surface area contributed by atoms with Crippen molar-refractivity contribution in [2.24, 2.45) is 5.92 Å². The Morgan fingerprint density at radius 3 is 3.10 bits per heavy atom. The Bertz CT molecular complexity index is 182. The van der Waals surface area contributed by atoms with Gasteiger partial charge in [0.25, 0.3) is 0 Å². The van der Waals surface area contributed by atoms with Crippen molar-refractivity contribution in [2.75, 3.05) is 0 Å². The number of aldehydes is 1. The first-order chi connectivity index (χ1) is 4.83. The lowest BCUT2D eigenvalue weighted by Crippen LogP contribution is -1.98. The molecular weight excluding hydrogens is 131 g/mol. The van der Waals surface area contributed by atoms with Gasteiger partial charge >= 0.3 is 0 Å². The van der Waals surface area contributed by atoms with Gasteiger partial charge in [0.15, 0.2) is 0 Å². The van der Waals surface area contributed by atoms with E-state index >= 15 is 0 Å². The lowest BCUT2D eigenvalue weighted by Gasteiger charge is -2.08. The maximum atomic E-state index is 12.3. The standard InChI is InChI=1S/C8H9FO/c9-8-3-1-7(2-4-8)5-6-10/h1,3-4,6-7H,2,5H2. The summed E-state index contributed by atoms with van der Waals surface area (Å²) in [6.07, 6.45) is 6.68. The molecule has 0 radical (unpaired) electrons. The topological polar surface area (TPSA) is 17.1 Å². The minimum atomic E-state index is -0.192. The molecule has 0 aromatic carbocycles. The number of carbonyl (C=O) groups is 1. The molecule has 10 heavy (non-hydrogen) atoms. The van der Waals surface area contributed by atoms with Crippen LogP contribution in [0.5, 0.6) is 0 Å². The molecule has 1 atom stereocenters. The third-order valence-electron chi connectivity index (χ3n) is 1.54. The fourth-order valence-corrected chi connectivity index (χ4v) is 0.937. The summed E-state index contributed by atoms with van der Waals surface area (Å²) in [5.74, 6) is 0.0270. The average molecular weight is 140 g/mol. The second-order valence-electron chi connectivity index (χ2n) is 2.35. The van der Waals surface area contributed by atoms with Crippen molar-refractivity contribution in [3.8, 4) is 0 Å². The van der Waals surface area contributed by atoms with Gasteiger partial charge in [0.2, 0.25) is 0 Å². The molecule has 0 heterocycles. The summed E-state index contributed by atoms with van der Waals surface area (Å²) >= 11 is 0. The van der Waals surface area contributed by atoms with Gasteiger partial charge in [0, 0.05) is 6.42 Å². The number of allylic oxidation sites excluding steroid dienone is 4.